The van der Waals surface area contributed by atoms with E-state index in [0.717, 1.165) is 37.9 Å². The van der Waals surface area contributed by atoms with Gasteiger partial charge in [-0.1, -0.05) is 13.8 Å². The van der Waals surface area contributed by atoms with E-state index in [9.17, 15) is 8.42 Å². The molecule has 1 aromatic heterocycles. The van der Waals surface area contributed by atoms with Gasteiger partial charge in [-0.05, 0) is 37.2 Å². The quantitative estimate of drug-likeness (QED) is 0.768. The molecule has 1 aliphatic carbocycles. The Labute approximate surface area is 121 Å². The third-order valence-electron chi connectivity index (χ3n) is 4.29. The van der Waals surface area contributed by atoms with Gasteiger partial charge < -0.3 is 10.3 Å². The van der Waals surface area contributed by atoms with E-state index in [1.807, 2.05) is 4.57 Å². The Balaban J connectivity index is 2.12. The molecular formula is C14H25N3O2S. The standard InChI is InChI=1S/C14H25N3O2S/c1-3-7-17-10-13(8-12(17)9-15)20(18,19)16-11-14(4-2)5-6-14/h8,10,16H,3-7,9,11,15H2,1-2H3. The van der Waals surface area contributed by atoms with Crippen molar-refractivity contribution in [3.63, 3.8) is 0 Å². The van der Waals surface area contributed by atoms with Crippen molar-refractivity contribution >= 4 is 10.0 Å². The van der Waals surface area contributed by atoms with E-state index in [4.69, 9.17) is 5.73 Å². The summed E-state index contributed by atoms with van der Waals surface area (Å²) >= 11 is 0. The van der Waals surface area contributed by atoms with Gasteiger partial charge in [0.25, 0.3) is 0 Å². The summed E-state index contributed by atoms with van der Waals surface area (Å²) in [6, 6.07) is 1.68. The first kappa shape index (κ1) is 15.5. The van der Waals surface area contributed by atoms with Crippen LogP contribution in [0.2, 0.25) is 0 Å². The second-order valence-electron chi connectivity index (χ2n) is 5.74. The smallest absolute Gasteiger partial charge is 0.242 e. The number of rotatable bonds is 8. The molecule has 0 radical (unpaired) electrons. The van der Waals surface area contributed by atoms with Gasteiger partial charge >= 0.3 is 0 Å². The fraction of sp³-hybridized carbons (Fsp3) is 0.714. The molecule has 1 aromatic rings. The molecule has 3 N–H and O–H groups in total. The average Bonchev–Trinajstić information content (AvgIpc) is 3.10. The van der Waals surface area contributed by atoms with Crippen LogP contribution in [0.4, 0.5) is 0 Å². The number of hydrogen-bond donors (Lipinski definition) is 2. The predicted molar refractivity (Wildman–Crippen MR) is 79.8 cm³/mol. The lowest BCUT2D eigenvalue weighted by molar-refractivity contribution is 0.475. The minimum absolute atomic E-state index is 0.204. The molecule has 5 nitrogen and oxygen atoms in total. The lowest BCUT2D eigenvalue weighted by atomic mass is 10.1. The van der Waals surface area contributed by atoms with E-state index < -0.39 is 10.0 Å². The van der Waals surface area contributed by atoms with Crippen LogP contribution in [0, 0.1) is 5.41 Å². The van der Waals surface area contributed by atoms with Crippen molar-refractivity contribution in [3.05, 3.63) is 18.0 Å². The van der Waals surface area contributed by atoms with Crippen molar-refractivity contribution in [2.45, 2.75) is 57.5 Å². The Morgan fingerprint density at radius 3 is 2.60 bits per heavy atom. The molecule has 0 bridgehead atoms. The van der Waals surface area contributed by atoms with E-state index in [1.165, 1.54) is 0 Å². The molecule has 1 saturated carbocycles. The molecule has 0 saturated heterocycles. The van der Waals surface area contributed by atoms with Gasteiger partial charge in [0.1, 0.15) is 0 Å². The van der Waals surface area contributed by atoms with E-state index in [0.29, 0.717) is 18.0 Å². The number of nitrogens with one attached hydrogen (secondary N) is 1. The minimum Gasteiger partial charge on any atom is -0.349 e. The molecule has 0 atom stereocenters. The summed E-state index contributed by atoms with van der Waals surface area (Å²) in [5.41, 5.74) is 6.75. The summed E-state index contributed by atoms with van der Waals surface area (Å²) in [7, 11) is -3.42. The molecule has 0 amide bonds. The van der Waals surface area contributed by atoms with Crippen molar-refractivity contribution in [1.29, 1.82) is 0 Å². The number of aryl methyl sites for hydroxylation is 1. The molecule has 1 heterocycles. The van der Waals surface area contributed by atoms with Gasteiger partial charge in [0, 0.05) is 31.5 Å². The van der Waals surface area contributed by atoms with Crippen molar-refractivity contribution in [1.82, 2.24) is 9.29 Å². The lowest BCUT2D eigenvalue weighted by Gasteiger charge is -2.13. The Morgan fingerprint density at radius 1 is 1.40 bits per heavy atom. The highest BCUT2D eigenvalue weighted by Crippen LogP contribution is 2.48. The van der Waals surface area contributed by atoms with Crippen molar-refractivity contribution in [2.75, 3.05) is 6.54 Å². The van der Waals surface area contributed by atoms with Crippen LogP contribution in [-0.2, 0) is 23.1 Å². The first-order valence-corrected chi connectivity index (χ1v) is 8.83. The number of sulfonamides is 1. The Morgan fingerprint density at radius 2 is 2.10 bits per heavy atom. The lowest BCUT2D eigenvalue weighted by Crippen LogP contribution is -2.29. The monoisotopic (exact) mass is 299 g/mol. The average molecular weight is 299 g/mol. The number of nitrogens with zero attached hydrogens (tertiary/aromatic N) is 1. The van der Waals surface area contributed by atoms with Crippen molar-refractivity contribution < 1.29 is 8.42 Å². The minimum atomic E-state index is -3.42. The molecule has 0 aliphatic heterocycles. The highest BCUT2D eigenvalue weighted by atomic mass is 32.2. The van der Waals surface area contributed by atoms with Gasteiger partial charge in [0.2, 0.25) is 10.0 Å². The zero-order valence-electron chi connectivity index (χ0n) is 12.4. The third kappa shape index (κ3) is 3.24. The summed E-state index contributed by atoms with van der Waals surface area (Å²) in [5.74, 6) is 0. The van der Waals surface area contributed by atoms with Gasteiger partial charge in [0.15, 0.2) is 0 Å². The van der Waals surface area contributed by atoms with Crippen LogP contribution < -0.4 is 10.5 Å². The van der Waals surface area contributed by atoms with E-state index in [1.54, 1.807) is 12.3 Å². The SMILES string of the molecule is CCCn1cc(S(=O)(=O)NCC2(CC)CC2)cc1CN. The maximum absolute atomic E-state index is 12.3. The third-order valence-corrected chi connectivity index (χ3v) is 5.66. The normalized spacial score (nSPS) is 17.4. The highest BCUT2D eigenvalue weighted by molar-refractivity contribution is 7.89. The number of aromatic nitrogens is 1. The zero-order chi connectivity index (χ0) is 14.8. The summed E-state index contributed by atoms with van der Waals surface area (Å²) < 4.78 is 29.4. The van der Waals surface area contributed by atoms with Gasteiger partial charge in [-0.15, -0.1) is 0 Å². The molecular weight excluding hydrogens is 274 g/mol. The Bertz CT molecular complexity index is 559. The maximum atomic E-state index is 12.3. The largest absolute Gasteiger partial charge is 0.349 e. The number of nitrogens with two attached hydrogens (primary N) is 1. The summed E-state index contributed by atoms with van der Waals surface area (Å²) in [6.07, 6.45) is 5.92. The maximum Gasteiger partial charge on any atom is 0.242 e. The molecule has 0 unspecified atom stereocenters. The van der Waals surface area contributed by atoms with Gasteiger partial charge in [-0.3, -0.25) is 0 Å². The molecule has 114 valence electrons. The molecule has 0 aromatic carbocycles. The Hall–Kier alpha value is -0.850. The highest BCUT2D eigenvalue weighted by Gasteiger charge is 2.41. The van der Waals surface area contributed by atoms with Gasteiger partial charge in [-0.2, -0.15) is 0 Å². The van der Waals surface area contributed by atoms with Crippen LogP contribution in [0.3, 0.4) is 0 Å². The molecule has 0 spiro atoms. The van der Waals surface area contributed by atoms with Crippen LogP contribution in [-0.4, -0.2) is 19.5 Å². The van der Waals surface area contributed by atoms with Gasteiger partial charge in [0.05, 0.1) is 4.90 Å². The second kappa shape index (κ2) is 5.87. The van der Waals surface area contributed by atoms with Crippen LogP contribution in [0.5, 0.6) is 0 Å². The predicted octanol–water partition coefficient (Wildman–Crippen LogP) is 1.83. The van der Waals surface area contributed by atoms with Crippen LogP contribution >= 0.6 is 0 Å². The summed E-state index contributed by atoms with van der Waals surface area (Å²) in [5, 5.41) is 0. The molecule has 6 heteroatoms. The van der Waals surface area contributed by atoms with E-state index in [2.05, 4.69) is 18.6 Å². The zero-order valence-corrected chi connectivity index (χ0v) is 13.2. The summed E-state index contributed by atoms with van der Waals surface area (Å²) in [4.78, 5) is 0.332. The van der Waals surface area contributed by atoms with Crippen molar-refractivity contribution in [2.24, 2.45) is 11.1 Å². The van der Waals surface area contributed by atoms with Crippen molar-refractivity contribution in [3.8, 4) is 0 Å². The molecule has 20 heavy (non-hydrogen) atoms. The summed E-state index contributed by atoms with van der Waals surface area (Å²) in [6.45, 7) is 5.87. The Kier molecular flexibility index (Phi) is 4.56. The first-order valence-electron chi connectivity index (χ1n) is 7.35. The topological polar surface area (TPSA) is 77.1 Å². The van der Waals surface area contributed by atoms with E-state index in [-0.39, 0.29) is 5.41 Å². The first-order chi connectivity index (χ1) is 9.46. The van der Waals surface area contributed by atoms with E-state index >= 15 is 0 Å². The van der Waals surface area contributed by atoms with Crippen LogP contribution in [0.1, 0.15) is 45.2 Å². The molecule has 1 fully saturated rings. The number of hydrogen-bond acceptors (Lipinski definition) is 3. The second-order valence-corrected chi connectivity index (χ2v) is 7.51. The molecule has 2 rings (SSSR count). The van der Waals surface area contributed by atoms with Crippen LogP contribution in [0.25, 0.3) is 0 Å². The van der Waals surface area contributed by atoms with Crippen LogP contribution in [0.15, 0.2) is 17.2 Å². The fourth-order valence-electron chi connectivity index (χ4n) is 2.46. The molecule has 1 aliphatic rings. The fourth-order valence-corrected chi connectivity index (χ4v) is 3.68. The van der Waals surface area contributed by atoms with Gasteiger partial charge in [-0.25, -0.2) is 13.1 Å².